The number of carboxylic acid groups (broad SMARTS) is 1. The topological polar surface area (TPSA) is 182 Å². The first-order valence-electron chi connectivity index (χ1n) is 16.6. The van der Waals surface area contributed by atoms with E-state index in [1.165, 1.54) is 17.7 Å². The van der Waals surface area contributed by atoms with Gasteiger partial charge in [0.1, 0.15) is 11.5 Å². The number of aryl methyl sites for hydroxylation is 1. The molecule has 0 saturated carbocycles. The lowest BCUT2D eigenvalue weighted by Gasteiger charge is -2.42. The summed E-state index contributed by atoms with van der Waals surface area (Å²) < 4.78 is 41.6. The van der Waals surface area contributed by atoms with E-state index < -0.39 is 27.3 Å². The summed E-state index contributed by atoms with van der Waals surface area (Å²) in [5, 5.41) is 11.1. The number of piperazine rings is 1. The zero-order chi connectivity index (χ0) is 37.6. The number of para-hydroxylation sites is 1. The number of primary amides is 1. The Morgan fingerprint density at radius 3 is 2.25 bits per heavy atom. The molecule has 274 valence electrons. The van der Waals surface area contributed by atoms with Crippen molar-refractivity contribution in [1.82, 2.24) is 24.3 Å². The van der Waals surface area contributed by atoms with Crippen molar-refractivity contribution < 1.29 is 32.6 Å². The molecular weight excluding hydrogens is 675 g/mol. The van der Waals surface area contributed by atoms with Crippen LogP contribution < -0.4 is 19.9 Å². The van der Waals surface area contributed by atoms with E-state index in [0.29, 0.717) is 34.6 Å². The second-order valence-corrected chi connectivity index (χ2v) is 16.6. The standard InChI is InChI=1S/C36H47N7O7S/c1-35(2,3)23-19-22(33(37)44)32(49-8)29(40-51(9,47)48)28(23)27-21-11-10-12-24(30(21)41(7)31(27)34(45)46)50-26-13-14-38-25(39-26)20-42-15-17-43(18-16-42)36(4,5)6/h10-14,19,40H,15-18,20H2,1-9H3,(H2,37,44)(H,45,46). The number of fused-ring (bicyclic) bond motifs is 1. The van der Waals surface area contributed by atoms with Crippen LogP contribution in [0, 0.1) is 0 Å². The van der Waals surface area contributed by atoms with Gasteiger partial charge >= 0.3 is 5.97 Å². The zero-order valence-electron chi connectivity index (χ0n) is 30.6. The number of carbonyl (C=O) groups is 2. The first-order chi connectivity index (χ1) is 23.7. The Hall–Kier alpha value is -4.73. The Labute approximate surface area is 298 Å². The number of nitrogens with zero attached hydrogens (tertiary/aromatic N) is 5. The van der Waals surface area contributed by atoms with Crippen LogP contribution >= 0.6 is 0 Å². The van der Waals surface area contributed by atoms with Gasteiger partial charge in [0.2, 0.25) is 15.9 Å². The smallest absolute Gasteiger partial charge is 0.353 e. The molecule has 0 radical (unpaired) electrons. The molecule has 1 amide bonds. The maximum atomic E-state index is 13.1. The van der Waals surface area contributed by atoms with Gasteiger partial charge in [0.05, 0.1) is 36.7 Å². The maximum Gasteiger partial charge on any atom is 0.353 e. The molecule has 1 fully saturated rings. The maximum absolute atomic E-state index is 13.1. The van der Waals surface area contributed by atoms with Gasteiger partial charge in [-0.2, -0.15) is 4.98 Å². The molecule has 2 aromatic heterocycles. The van der Waals surface area contributed by atoms with Crippen LogP contribution in [0.4, 0.5) is 5.69 Å². The van der Waals surface area contributed by atoms with Crippen molar-refractivity contribution in [1.29, 1.82) is 0 Å². The van der Waals surface area contributed by atoms with Gasteiger partial charge in [0.15, 0.2) is 11.5 Å². The largest absolute Gasteiger partial charge is 0.494 e. The summed E-state index contributed by atoms with van der Waals surface area (Å²) in [4.78, 5) is 39.7. The molecule has 0 spiro atoms. The number of ether oxygens (including phenoxy) is 2. The summed E-state index contributed by atoms with van der Waals surface area (Å²) >= 11 is 0. The van der Waals surface area contributed by atoms with Crippen LogP contribution in [0.25, 0.3) is 22.0 Å². The fourth-order valence-electron chi connectivity index (χ4n) is 6.66. The molecule has 2 aromatic carbocycles. The molecule has 1 saturated heterocycles. The van der Waals surface area contributed by atoms with Crippen LogP contribution in [0.3, 0.4) is 0 Å². The summed E-state index contributed by atoms with van der Waals surface area (Å²) in [7, 11) is -1.10. The number of nitrogens with two attached hydrogens (primary N) is 1. The Balaban J connectivity index is 1.67. The van der Waals surface area contributed by atoms with Gasteiger partial charge in [0.25, 0.3) is 5.91 Å². The van der Waals surface area contributed by atoms with Gasteiger partial charge in [-0.25, -0.2) is 18.2 Å². The third-order valence-corrected chi connectivity index (χ3v) is 9.63. The van der Waals surface area contributed by atoms with Crippen molar-refractivity contribution in [3.05, 3.63) is 59.2 Å². The molecule has 0 atom stereocenters. The summed E-state index contributed by atoms with van der Waals surface area (Å²) in [5.74, 6) is -1.05. The highest BCUT2D eigenvalue weighted by Gasteiger charge is 2.35. The number of hydrogen-bond donors (Lipinski definition) is 3. The number of hydrogen-bond acceptors (Lipinski definition) is 10. The van der Waals surface area contributed by atoms with Gasteiger partial charge in [-0.3, -0.25) is 19.3 Å². The van der Waals surface area contributed by atoms with Gasteiger partial charge in [0, 0.05) is 67.5 Å². The number of benzene rings is 2. The minimum absolute atomic E-state index is 0.0610. The quantitative estimate of drug-likeness (QED) is 0.204. The van der Waals surface area contributed by atoms with Crippen molar-refractivity contribution in [3.8, 4) is 28.5 Å². The fourth-order valence-corrected chi connectivity index (χ4v) is 7.23. The molecule has 0 unspecified atom stereocenters. The van der Waals surface area contributed by atoms with E-state index in [9.17, 15) is 23.1 Å². The lowest BCUT2D eigenvalue weighted by molar-refractivity contribution is 0.0579. The van der Waals surface area contributed by atoms with Gasteiger partial charge < -0.3 is 24.9 Å². The fraction of sp³-hybridized carbons (Fsp3) is 0.444. The molecule has 0 bridgehead atoms. The number of carboxylic acids is 1. The van der Waals surface area contributed by atoms with Crippen LogP contribution in [-0.4, -0.2) is 94.8 Å². The summed E-state index contributed by atoms with van der Waals surface area (Å²) in [5.41, 5.74) is 6.13. The highest BCUT2D eigenvalue weighted by atomic mass is 32.2. The number of aromatic carboxylic acids is 1. The van der Waals surface area contributed by atoms with Crippen LogP contribution in [0.1, 0.15) is 73.8 Å². The zero-order valence-corrected chi connectivity index (χ0v) is 31.4. The molecule has 4 N–H and O–H groups in total. The van der Waals surface area contributed by atoms with E-state index >= 15 is 0 Å². The molecule has 14 nitrogen and oxygen atoms in total. The van der Waals surface area contributed by atoms with E-state index in [-0.39, 0.29) is 45.2 Å². The molecule has 0 aliphatic carbocycles. The lowest BCUT2D eigenvalue weighted by Crippen LogP contribution is -2.53. The number of anilines is 1. The van der Waals surface area contributed by atoms with Crippen LogP contribution in [-0.2, 0) is 29.0 Å². The molecule has 3 heterocycles. The molecule has 15 heteroatoms. The number of sulfonamides is 1. The van der Waals surface area contributed by atoms with Crippen molar-refractivity contribution in [3.63, 3.8) is 0 Å². The predicted octanol–water partition coefficient (Wildman–Crippen LogP) is 4.82. The van der Waals surface area contributed by atoms with Crippen molar-refractivity contribution >= 4 is 38.5 Å². The molecule has 5 rings (SSSR count). The van der Waals surface area contributed by atoms with Gasteiger partial charge in [-0.1, -0.05) is 32.9 Å². The minimum Gasteiger partial charge on any atom is -0.494 e. The Kier molecular flexibility index (Phi) is 10.1. The molecule has 1 aliphatic rings. The second-order valence-electron chi connectivity index (χ2n) is 14.8. The number of carbonyl (C=O) groups excluding carboxylic acids is 1. The van der Waals surface area contributed by atoms with Gasteiger partial charge in [-0.15, -0.1) is 0 Å². The van der Waals surface area contributed by atoms with E-state index in [1.54, 1.807) is 37.5 Å². The van der Waals surface area contributed by atoms with Crippen LogP contribution in [0.5, 0.6) is 17.4 Å². The summed E-state index contributed by atoms with van der Waals surface area (Å²) in [6, 6.07) is 8.33. The van der Waals surface area contributed by atoms with Crippen molar-refractivity contribution in [2.45, 2.75) is 59.0 Å². The molecule has 4 aromatic rings. The van der Waals surface area contributed by atoms with E-state index in [1.807, 2.05) is 20.8 Å². The monoisotopic (exact) mass is 721 g/mol. The average molecular weight is 722 g/mol. The lowest BCUT2D eigenvalue weighted by atomic mass is 9.79. The SMILES string of the molecule is COc1c(C(N)=O)cc(C(C)(C)C)c(-c2c(C(=O)O)n(C)c3c(Oc4ccnc(CN5CCN(C(C)(C)C)CC5)n4)cccc23)c1NS(C)(=O)=O. The summed E-state index contributed by atoms with van der Waals surface area (Å²) in [6.45, 7) is 16.4. The minimum atomic E-state index is -3.98. The normalized spacial score (nSPS) is 14.8. The first-order valence-corrected chi connectivity index (χ1v) is 18.5. The Morgan fingerprint density at radius 1 is 1.04 bits per heavy atom. The van der Waals surface area contributed by atoms with E-state index in [2.05, 4.69) is 45.3 Å². The first kappa shape index (κ1) is 37.5. The van der Waals surface area contributed by atoms with E-state index in [0.717, 1.165) is 32.4 Å². The van der Waals surface area contributed by atoms with Crippen LogP contribution in [0.15, 0.2) is 36.5 Å². The van der Waals surface area contributed by atoms with Crippen molar-refractivity contribution in [2.75, 3.05) is 44.3 Å². The number of nitrogens with one attached hydrogen (secondary N) is 1. The third-order valence-electron chi connectivity index (χ3n) is 9.05. The number of rotatable bonds is 10. The van der Waals surface area contributed by atoms with Gasteiger partial charge in [-0.05, 0) is 43.9 Å². The third kappa shape index (κ3) is 7.80. The number of methoxy groups -OCH3 is 1. The van der Waals surface area contributed by atoms with E-state index in [4.69, 9.17) is 15.2 Å². The number of amides is 1. The van der Waals surface area contributed by atoms with Crippen LogP contribution in [0.2, 0.25) is 0 Å². The highest BCUT2D eigenvalue weighted by molar-refractivity contribution is 7.92. The Bertz CT molecular complexity index is 2110. The average Bonchev–Trinajstić information content (AvgIpc) is 3.32. The van der Waals surface area contributed by atoms with Crippen molar-refractivity contribution in [2.24, 2.45) is 12.8 Å². The molecule has 1 aliphatic heterocycles. The highest BCUT2D eigenvalue weighted by Crippen LogP contribution is 2.50. The predicted molar refractivity (Wildman–Crippen MR) is 196 cm³/mol. The molecule has 51 heavy (non-hydrogen) atoms. The molecular formula is C36H47N7O7S. The second kappa shape index (κ2) is 13.8. The Morgan fingerprint density at radius 2 is 1.71 bits per heavy atom. The number of aromatic nitrogens is 3. The summed E-state index contributed by atoms with van der Waals surface area (Å²) in [6.07, 6.45) is 2.59.